The van der Waals surface area contributed by atoms with Crippen molar-refractivity contribution >= 4 is 23.2 Å². The van der Waals surface area contributed by atoms with Crippen molar-refractivity contribution in [2.75, 3.05) is 31.5 Å². The SMILES string of the molecule is COc1cc(OC)c(NC(=O)C2CCC(=O)N(c3ccc(C)cc3)C2c2ccccc2OC)cc1F. The predicted molar refractivity (Wildman–Crippen MR) is 135 cm³/mol. The van der Waals surface area contributed by atoms with E-state index in [0.717, 1.165) is 5.56 Å². The molecule has 2 unspecified atom stereocenters. The molecule has 0 aliphatic carbocycles. The molecule has 1 aliphatic heterocycles. The van der Waals surface area contributed by atoms with Crippen LogP contribution in [0.2, 0.25) is 0 Å². The lowest BCUT2D eigenvalue weighted by atomic mass is 9.82. The Morgan fingerprint density at radius 3 is 2.28 bits per heavy atom. The number of hydrogen-bond acceptors (Lipinski definition) is 5. The number of methoxy groups -OCH3 is 3. The van der Waals surface area contributed by atoms with Crippen molar-refractivity contribution in [2.45, 2.75) is 25.8 Å². The fraction of sp³-hybridized carbons (Fsp3) is 0.286. The van der Waals surface area contributed by atoms with E-state index < -0.39 is 17.8 Å². The highest BCUT2D eigenvalue weighted by atomic mass is 19.1. The Labute approximate surface area is 209 Å². The number of nitrogens with zero attached hydrogens (tertiary/aromatic N) is 1. The third-order valence-corrected chi connectivity index (χ3v) is 6.44. The number of nitrogens with one attached hydrogen (secondary N) is 1. The summed E-state index contributed by atoms with van der Waals surface area (Å²) >= 11 is 0. The van der Waals surface area contributed by atoms with E-state index in [1.165, 1.54) is 26.4 Å². The maximum absolute atomic E-state index is 14.5. The third-order valence-electron chi connectivity index (χ3n) is 6.44. The van der Waals surface area contributed by atoms with Crippen molar-refractivity contribution in [1.29, 1.82) is 0 Å². The first-order valence-corrected chi connectivity index (χ1v) is 11.6. The second kappa shape index (κ2) is 10.7. The van der Waals surface area contributed by atoms with E-state index in [1.807, 2.05) is 49.4 Å². The Kier molecular flexibility index (Phi) is 7.43. The first kappa shape index (κ1) is 25.0. The molecule has 1 N–H and O–H groups in total. The van der Waals surface area contributed by atoms with Gasteiger partial charge in [-0.15, -0.1) is 0 Å². The van der Waals surface area contributed by atoms with Crippen LogP contribution in [0.1, 0.15) is 30.0 Å². The lowest BCUT2D eigenvalue weighted by Crippen LogP contribution is -2.47. The van der Waals surface area contributed by atoms with E-state index in [4.69, 9.17) is 14.2 Å². The molecule has 0 saturated carbocycles. The molecule has 8 heteroatoms. The highest BCUT2D eigenvalue weighted by Crippen LogP contribution is 2.44. The highest BCUT2D eigenvalue weighted by Gasteiger charge is 2.42. The van der Waals surface area contributed by atoms with Gasteiger partial charge in [-0.05, 0) is 31.5 Å². The molecule has 188 valence electrons. The smallest absolute Gasteiger partial charge is 0.230 e. The average Bonchev–Trinajstić information content (AvgIpc) is 2.89. The lowest BCUT2D eigenvalue weighted by Gasteiger charge is -2.41. The van der Waals surface area contributed by atoms with Gasteiger partial charge in [-0.25, -0.2) is 4.39 Å². The number of para-hydroxylation sites is 1. The van der Waals surface area contributed by atoms with Crippen molar-refractivity contribution in [1.82, 2.24) is 0 Å². The zero-order chi connectivity index (χ0) is 25.8. The summed E-state index contributed by atoms with van der Waals surface area (Å²) in [6.07, 6.45) is 0.502. The summed E-state index contributed by atoms with van der Waals surface area (Å²) in [6, 6.07) is 16.9. The molecule has 1 saturated heterocycles. The van der Waals surface area contributed by atoms with E-state index in [-0.39, 0.29) is 35.4 Å². The molecule has 0 bridgehead atoms. The fourth-order valence-corrected chi connectivity index (χ4v) is 4.63. The number of ether oxygens (including phenoxy) is 3. The number of rotatable bonds is 7. The number of carbonyl (C=O) groups is 2. The van der Waals surface area contributed by atoms with E-state index in [1.54, 1.807) is 18.1 Å². The van der Waals surface area contributed by atoms with Crippen molar-refractivity contribution in [2.24, 2.45) is 5.92 Å². The molecular weight excluding hydrogens is 463 g/mol. The molecule has 7 nitrogen and oxygen atoms in total. The summed E-state index contributed by atoms with van der Waals surface area (Å²) < 4.78 is 30.4. The topological polar surface area (TPSA) is 77.1 Å². The Hall–Kier alpha value is -4.07. The number of piperidine rings is 1. The molecule has 1 aliphatic rings. The van der Waals surface area contributed by atoms with E-state index in [2.05, 4.69) is 5.32 Å². The predicted octanol–water partition coefficient (Wildman–Crippen LogP) is 5.28. The molecule has 0 aromatic heterocycles. The van der Waals surface area contributed by atoms with Crippen LogP contribution in [-0.2, 0) is 9.59 Å². The van der Waals surface area contributed by atoms with E-state index >= 15 is 0 Å². The summed E-state index contributed by atoms with van der Waals surface area (Å²) in [5.41, 5.74) is 2.63. The van der Waals surface area contributed by atoms with Crippen LogP contribution in [0, 0.1) is 18.7 Å². The van der Waals surface area contributed by atoms with Gasteiger partial charge in [0.25, 0.3) is 0 Å². The summed E-state index contributed by atoms with van der Waals surface area (Å²) in [5, 5.41) is 2.82. The minimum absolute atomic E-state index is 0.00515. The van der Waals surface area contributed by atoms with Crippen LogP contribution in [-0.4, -0.2) is 33.1 Å². The van der Waals surface area contributed by atoms with Gasteiger partial charge in [0.2, 0.25) is 11.8 Å². The first-order chi connectivity index (χ1) is 17.4. The van der Waals surface area contributed by atoms with Crippen LogP contribution in [0.5, 0.6) is 17.2 Å². The Morgan fingerprint density at radius 2 is 1.61 bits per heavy atom. The molecule has 2 atom stereocenters. The fourth-order valence-electron chi connectivity index (χ4n) is 4.63. The number of halogens is 1. The number of amides is 2. The number of aryl methyl sites for hydroxylation is 1. The molecule has 4 rings (SSSR count). The average molecular weight is 493 g/mol. The second-order valence-electron chi connectivity index (χ2n) is 8.61. The van der Waals surface area contributed by atoms with Gasteiger partial charge in [-0.3, -0.25) is 9.59 Å². The Balaban J connectivity index is 1.78. The number of anilines is 2. The van der Waals surface area contributed by atoms with Gasteiger partial charge in [-0.2, -0.15) is 0 Å². The minimum Gasteiger partial charge on any atom is -0.496 e. The number of benzene rings is 3. The van der Waals surface area contributed by atoms with E-state index in [9.17, 15) is 14.0 Å². The normalized spacial score (nSPS) is 17.5. The van der Waals surface area contributed by atoms with Gasteiger partial charge < -0.3 is 24.4 Å². The molecule has 1 fully saturated rings. The highest BCUT2D eigenvalue weighted by molar-refractivity contribution is 6.01. The zero-order valence-electron chi connectivity index (χ0n) is 20.7. The van der Waals surface area contributed by atoms with Crippen molar-refractivity contribution in [3.8, 4) is 17.2 Å². The first-order valence-electron chi connectivity index (χ1n) is 11.6. The Bertz CT molecular complexity index is 1260. The lowest BCUT2D eigenvalue weighted by molar-refractivity contribution is -0.126. The molecular formula is C28H29FN2O5. The van der Waals surface area contributed by atoms with Gasteiger partial charge in [0, 0.05) is 29.8 Å². The van der Waals surface area contributed by atoms with E-state index in [0.29, 0.717) is 23.4 Å². The standard InChI is InChI=1S/C28H29FN2O5/c1-17-9-11-18(12-10-17)31-26(32)14-13-20(27(31)19-7-5-6-8-23(19)34-2)28(33)30-22-15-21(29)24(35-3)16-25(22)36-4/h5-12,15-16,20,27H,13-14H2,1-4H3,(H,30,33). The molecule has 36 heavy (non-hydrogen) atoms. The second-order valence-corrected chi connectivity index (χ2v) is 8.61. The van der Waals surface area contributed by atoms with Crippen LogP contribution in [0.25, 0.3) is 0 Å². The van der Waals surface area contributed by atoms with Crippen LogP contribution in [0.15, 0.2) is 60.7 Å². The van der Waals surface area contributed by atoms with Crippen LogP contribution in [0.4, 0.5) is 15.8 Å². The Morgan fingerprint density at radius 1 is 0.944 bits per heavy atom. The van der Waals surface area contributed by atoms with Gasteiger partial charge in [-0.1, -0.05) is 35.9 Å². The van der Waals surface area contributed by atoms with Crippen molar-refractivity contribution < 1.29 is 28.2 Å². The van der Waals surface area contributed by atoms with Gasteiger partial charge in [0.05, 0.1) is 39.0 Å². The van der Waals surface area contributed by atoms with Crippen LogP contribution >= 0.6 is 0 Å². The summed E-state index contributed by atoms with van der Waals surface area (Å²) in [6.45, 7) is 1.97. The van der Waals surface area contributed by atoms with Crippen molar-refractivity contribution in [3.63, 3.8) is 0 Å². The number of carbonyl (C=O) groups excluding carboxylic acids is 2. The van der Waals surface area contributed by atoms with Gasteiger partial charge in [0.1, 0.15) is 11.5 Å². The summed E-state index contributed by atoms with van der Waals surface area (Å²) in [5.74, 6) is -0.890. The molecule has 0 radical (unpaired) electrons. The quantitative estimate of drug-likeness (QED) is 0.486. The molecule has 0 spiro atoms. The van der Waals surface area contributed by atoms with Crippen molar-refractivity contribution in [3.05, 3.63) is 77.6 Å². The molecule has 2 amide bonds. The minimum atomic E-state index is -0.643. The monoisotopic (exact) mass is 492 g/mol. The molecule has 3 aromatic carbocycles. The summed E-state index contributed by atoms with van der Waals surface area (Å²) in [7, 11) is 4.34. The zero-order valence-corrected chi connectivity index (χ0v) is 20.7. The maximum Gasteiger partial charge on any atom is 0.230 e. The molecule has 3 aromatic rings. The van der Waals surface area contributed by atoms with Gasteiger partial charge in [0.15, 0.2) is 11.6 Å². The summed E-state index contributed by atoms with van der Waals surface area (Å²) in [4.78, 5) is 28.7. The van der Waals surface area contributed by atoms with Crippen LogP contribution in [0.3, 0.4) is 0 Å². The largest absolute Gasteiger partial charge is 0.496 e. The van der Waals surface area contributed by atoms with Gasteiger partial charge >= 0.3 is 0 Å². The maximum atomic E-state index is 14.5. The van der Waals surface area contributed by atoms with Crippen LogP contribution < -0.4 is 24.4 Å². The number of hydrogen-bond donors (Lipinski definition) is 1. The third kappa shape index (κ3) is 4.84. The molecule has 1 heterocycles.